The van der Waals surface area contributed by atoms with E-state index in [1.807, 2.05) is 17.0 Å². The molecule has 1 aliphatic carbocycles. The standard InChI is InChI=1S/C16H15NO4/c18-9-3-8-1-2-17-15(8)11(4-9)10-5-13-14(21-7-20-13)6-12(10)16(17)19/h3,5-6,9,11,15,18H,1-2,4,7H2/t9-,11-,15+/m1/s1. The molecule has 3 aliphatic heterocycles. The van der Waals surface area contributed by atoms with Gasteiger partial charge in [0.1, 0.15) is 0 Å². The second-order valence-corrected chi connectivity index (χ2v) is 6.14. The van der Waals surface area contributed by atoms with Gasteiger partial charge in [0.15, 0.2) is 11.5 Å². The summed E-state index contributed by atoms with van der Waals surface area (Å²) in [7, 11) is 0. The van der Waals surface area contributed by atoms with Crippen LogP contribution in [-0.4, -0.2) is 41.4 Å². The lowest BCUT2D eigenvalue weighted by molar-refractivity contribution is 0.0665. The first-order chi connectivity index (χ1) is 10.2. The summed E-state index contributed by atoms with van der Waals surface area (Å²) >= 11 is 0. The van der Waals surface area contributed by atoms with Crippen molar-refractivity contribution in [3.63, 3.8) is 0 Å². The highest BCUT2D eigenvalue weighted by molar-refractivity contribution is 5.99. The van der Waals surface area contributed by atoms with Gasteiger partial charge in [0.25, 0.3) is 5.91 Å². The minimum atomic E-state index is -0.423. The average molecular weight is 285 g/mol. The van der Waals surface area contributed by atoms with Crippen molar-refractivity contribution in [2.75, 3.05) is 13.3 Å². The molecule has 0 saturated carbocycles. The van der Waals surface area contributed by atoms with Gasteiger partial charge in [0.2, 0.25) is 6.79 Å². The molecule has 0 unspecified atom stereocenters. The first kappa shape index (κ1) is 11.6. The molecule has 0 radical (unpaired) electrons. The Bertz CT molecular complexity index is 696. The Morgan fingerprint density at radius 1 is 1.24 bits per heavy atom. The van der Waals surface area contributed by atoms with Crippen molar-refractivity contribution in [3.8, 4) is 11.5 Å². The lowest BCUT2D eigenvalue weighted by Crippen LogP contribution is -2.46. The van der Waals surface area contributed by atoms with Crippen molar-refractivity contribution >= 4 is 5.91 Å². The van der Waals surface area contributed by atoms with Crippen LogP contribution >= 0.6 is 0 Å². The highest BCUT2D eigenvalue weighted by Crippen LogP contribution is 2.49. The lowest BCUT2D eigenvalue weighted by atomic mass is 9.75. The number of carbonyl (C=O) groups is 1. The largest absolute Gasteiger partial charge is 0.454 e. The van der Waals surface area contributed by atoms with Crippen LogP contribution in [0.15, 0.2) is 23.8 Å². The van der Waals surface area contributed by atoms with Crippen LogP contribution in [0.4, 0.5) is 0 Å². The zero-order chi connectivity index (χ0) is 14.1. The van der Waals surface area contributed by atoms with Gasteiger partial charge >= 0.3 is 0 Å². The number of aliphatic hydroxyl groups excluding tert-OH is 1. The van der Waals surface area contributed by atoms with E-state index < -0.39 is 6.10 Å². The zero-order valence-corrected chi connectivity index (χ0v) is 11.4. The van der Waals surface area contributed by atoms with Gasteiger partial charge in [-0.05, 0) is 36.1 Å². The van der Waals surface area contributed by atoms with Crippen molar-refractivity contribution in [3.05, 3.63) is 34.9 Å². The summed E-state index contributed by atoms with van der Waals surface area (Å²) in [4.78, 5) is 14.7. The molecule has 0 aromatic heterocycles. The van der Waals surface area contributed by atoms with Crippen LogP contribution in [-0.2, 0) is 0 Å². The van der Waals surface area contributed by atoms with Gasteiger partial charge in [-0.15, -0.1) is 0 Å². The van der Waals surface area contributed by atoms with Crippen molar-refractivity contribution in [1.82, 2.24) is 4.90 Å². The number of nitrogens with zero attached hydrogens (tertiary/aromatic N) is 1. The van der Waals surface area contributed by atoms with E-state index in [2.05, 4.69) is 0 Å². The maximum atomic E-state index is 12.8. The van der Waals surface area contributed by atoms with Crippen molar-refractivity contribution in [2.24, 2.45) is 0 Å². The molecule has 108 valence electrons. The summed E-state index contributed by atoms with van der Waals surface area (Å²) in [5.41, 5.74) is 2.91. The van der Waals surface area contributed by atoms with Gasteiger partial charge in [0.05, 0.1) is 12.1 Å². The molecule has 3 heterocycles. The maximum absolute atomic E-state index is 12.8. The SMILES string of the molecule is O=C1c2cc3c(cc2[C@H]2C[C@H](O)C=C4CCN1[C@@H]42)OCO3. The number of hydrogen-bond acceptors (Lipinski definition) is 4. The minimum Gasteiger partial charge on any atom is -0.454 e. The monoisotopic (exact) mass is 285 g/mol. The smallest absolute Gasteiger partial charge is 0.254 e. The summed E-state index contributed by atoms with van der Waals surface area (Å²) < 4.78 is 10.8. The van der Waals surface area contributed by atoms with Crippen LogP contribution in [0.1, 0.15) is 34.7 Å². The Balaban J connectivity index is 1.73. The van der Waals surface area contributed by atoms with E-state index in [0.717, 1.165) is 18.5 Å². The van der Waals surface area contributed by atoms with E-state index in [0.29, 0.717) is 23.5 Å². The molecule has 4 aliphatic rings. The Morgan fingerprint density at radius 3 is 2.90 bits per heavy atom. The van der Waals surface area contributed by atoms with Crippen LogP contribution in [0, 0.1) is 0 Å². The van der Waals surface area contributed by atoms with Gasteiger partial charge in [-0.3, -0.25) is 4.79 Å². The van der Waals surface area contributed by atoms with Crippen LogP contribution in [0.5, 0.6) is 11.5 Å². The molecule has 0 spiro atoms. The van der Waals surface area contributed by atoms with Crippen molar-refractivity contribution in [2.45, 2.75) is 30.9 Å². The Hall–Kier alpha value is -2.01. The van der Waals surface area contributed by atoms with E-state index in [9.17, 15) is 9.90 Å². The third-order valence-corrected chi connectivity index (χ3v) is 5.08. The van der Waals surface area contributed by atoms with Gasteiger partial charge < -0.3 is 19.5 Å². The number of benzene rings is 1. The fraction of sp³-hybridized carbons (Fsp3) is 0.438. The van der Waals surface area contributed by atoms with E-state index in [1.54, 1.807) is 6.07 Å². The molecule has 1 aromatic rings. The number of aliphatic hydroxyl groups is 1. The number of carbonyl (C=O) groups excluding carboxylic acids is 1. The third kappa shape index (κ3) is 1.42. The predicted octanol–water partition coefficient (Wildman–Crippen LogP) is 1.42. The molecule has 5 heteroatoms. The number of amides is 1. The third-order valence-electron chi connectivity index (χ3n) is 5.08. The molecular weight excluding hydrogens is 270 g/mol. The molecule has 1 N–H and O–H groups in total. The topological polar surface area (TPSA) is 59.0 Å². The molecule has 1 amide bonds. The number of hydrogen-bond donors (Lipinski definition) is 1. The van der Waals surface area contributed by atoms with Crippen LogP contribution in [0.3, 0.4) is 0 Å². The van der Waals surface area contributed by atoms with Gasteiger partial charge in [0, 0.05) is 18.0 Å². The van der Waals surface area contributed by atoms with Crippen molar-refractivity contribution in [1.29, 1.82) is 0 Å². The molecule has 5 nitrogen and oxygen atoms in total. The van der Waals surface area contributed by atoms with Crippen molar-refractivity contribution < 1.29 is 19.4 Å². The fourth-order valence-electron chi connectivity index (χ4n) is 4.23. The number of rotatable bonds is 0. The zero-order valence-electron chi connectivity index (χ0n) is 11.4. The van der Waals surface area contributed by atoms with E-state index in [1.165, 1.54) is 5.57 Å². The van der Waals surface area contributed by atoms with Gasteiger partial charge in [-0.2, -0.15) is 0 Å². The highest BCUT2D eigenvalue weighted by atomic mass is 16.7. The summed E-state index contributed by atoms with van der Waals surface area (Å²) in [6.45, 7) is 0.949. The van der Waals surface area contributed by atoms with Crippen LogP contribution < -0.4 is 9.47 Å². The summed E-state index contributed by atoms with van der Waals surface area (Å²) in [6.07, 6.45) is 3.04. The maximum Gasteiger partial charge on any atom is 0.254 e. The van der Waals surface area contributed by atoms with Gasteiger partial charge in [-0.1, -0.05) is 6.08 Å². The summed E-state index contributed by atoms with van der Waals surface area (Å²) in [5.74, 6) is 1.58. The minimum absolute atomic E-state index is 0.0735. The summed E-state index contributed by atoms with van der Waals surface area (Å²) in [6, 6.07) is 3.86. The predicted molar refractivity (Wildman–Crippen MR) is 73.5 cm³/mol. The van der Waals surface area contributed by atoms with Gasteiger partial charge in [-0.25, -0.2) is 0 Å². The number of ether oxygens (including phenoxy) is 2. The average Bonchev–Trinajstić information content (AvgIpc) is 3.09. The fourth-order valence-corrected chi connectivity index (χ4v) is 4.23. The molecule has 3 atom stereocenters. The quantitative estimate of drug-likeness (QED) is 0.732. The first-order valence-electron chi connectivity index (χ1n) is 7.35. The Labute approximate surface area is 121 Å². The normalized spacial score (nSPS) is 31.9. The first-order valence-corrected chi connectivity index (χ1v) is 7.35. The second kappa shape index (κ2) is 3.80. The molecule has 1 fully saturated rings. The van der Waals surface area contributed by atoms with E-state index in [-0.39, 0.29) is 24.7 Å². The van der Waals surface area contributed by atoms with Crippen LogP contribution in [0.2, 0.25) is 0 Å². The molecule has 5 rings (SSSR count). The molecule has 1 saturated heterocycles. The van der Waals surface area contributed by atoms with E-state index >= 15 is 0 Å². The molecule has 1 aromatic carbocycles. The van der Waals surface area contributed by atoms with Crippen LogP contribution in [0.25, 0.3) is 0 Å². The molecular formula is C16H15NO4. The highest BCUT2D eigenvalue weighted by Gasteiger charge is 2.47. The summed E-state index contributed by atoms with van der Waals surface area (Å²) in [5, 5.41) is 10.1. The van der Waals surface area contributed by atoms with E-state index in [4.69, 9.17) is 9.47 Å². The molecule has 21 heavy (non-hydrogen) atoms. The second-order valence-electron chi connectivity index (χ2n) is 6.14. The Morgan fingerprint density at radius 2 is 2.05 bits per heavy atom. The Kier molecular flexibility index (Phi) is 2.10. The lowest BCUT2D eigenvalue weighted by Gasteiger charge is -2.41. The number of fused-ring (bicyclic) bond motifs is 3. The molecule has 0 bridgehead atoms.